The van der Waals surface area contributed by atoms with Gasteiger partial charge in [-0.15, -0.1) is 0 Å². The van der Waals surface area contributed by atoms with E-state index in [1.165, 1.54) is 30.5 Å². The van der Waals surface area contributed by atoms with Gasteiger partial charge in [0.1, 0.15) is 18.5 Å². The maximum absolute atomic E-state index is 7.25. The zero-order chi connectivity index (χ0) is 29.7. The Labute approximate surface area is 261 Å². The van der Waals surface area contributed by atoms with Crippen LogP contribution in [0.25, 0.3) is 0 Å². The summed E-state index contributed by atoms with van der Waals surface area (Å²) in [7, 11) is 1.70. The number of benzene rings is 3. The first-order valence-electron chi connectivity index (χ1n) is 16.8. The van der Waals surface area contributed by atoms with E-state index in [2.05, 4.69) is 60.4 Å². The number of nitrogens with zero attached hydrogens (tertiary/aromatic N) is 1. The third-order valence-corrected chi connectivity index (χ3v) is 11.1. The number of piperidine rings is 1. The summed E-state index contributed by atoms with van der Waals surface area (Å²) in [4.78, 5) is 2.80. The topological polar surface area (TPSA) is 49.4 Å². The SMILES string of the molecule is CCCO[C@@]12CC[C@@H](OCc3ccc(OC)cc3)[C@@H]3Oc4c(OCc5ccccc5)ccc5c4[C@@]31CCN(CC1CC1)[C@@H]2C5. The predicted octanol–water partition coefficient (Wildman–Crippen LogP) is 6.86. The van der Waals surface area contributed by atoms with Gasteiger partial charge in [-0.05, 0) is 92.3 Å². The van der Waals surface area contributed by atoms with Crippen molar-refractivity contribution < 1.29 is 23.7 Å². The highest BCUT2D eigenvalue weighted by atomic mass is 16.6. The van der Waals surface area contributed by atoms with Crippen LogP contribution in [0.5, 0.6) is 17.2 Å². The molecule has 0 N–H and O–H groups in total. The maximum atomic E-state index is 7.25. The Balaban J connectivity index is 1.18. The van der Waals surface area contributed by atoms with E-state index in [-0.39, 0.29) is 23.2 Å². The number of methoxy groups -OCH3 is 1. The molecule has 3 aromatic rings. The van der Waals surface area contributed by atoms with Gasteiger partial charge in [-0.1, -0.05) is 55.5 Å². The van der Waals surface area contributed by atoms with E-state index < -0.39 is 0 Å². The van der Waals surface area contributed by atoms with Crippen molar-refractivity contribution in [3.05, 3.63) is 89.0 Å². The summed E-state index contributed by atoms with van der Waals surface area (Å²) in [5.41, 5.74) is 4.50. The Hall–Kier alpha value is -3.06. The minimum atomic E-state index is -0.295. The summed E-state index contributed by atoms with van der Waals surface area (Å²) in [5.74, 6) is 3.48. The molecule has 3 fully saturated rings. The number of hydrogen-bond donors (Lipinski definition) is 0. The van der Waals surface area contributed by atoms with Gasteiger partial charge in [0, 0.05) is 24.8 Å². The van der Waals surface area contributed by atoms with Crippen molar-refractivity contribution in [3.8, 4) is 17.2 Å². The molecule has 2 heterocycles. The van der Waals surface area contributed by atoms with Crippen LogP contribution in [-0.2, 0) is 34.5 Å². The molecule has 1 spiro atoms. The Bertz CT molecular complexity index is 1470. The van der Waals surface area contributed by atoms with E-state index in [9.17, 15) is 0 Å². The minimum Gasteiger partial charge on any atom is -0.497 e. The van der Waals surface area contributed by atoms with Crippen molar-refractivity contribution in [3.63, 3.8) is 0 Å². The maximum Gasteiger partial charge on any atom is 0.166 e. The molecule has 2 bridgehead atoms. The fraction of sp³-hybridized carbons (Fsp3) is 0.526. The number of ether oxygens (including phenoxy) is 5. The van der Waals surface area contributed by atoms with Gasteiger partial charge < -0.3 is 23.7 Å². The van der Waals surface area contributed by atoms with Gasteiger partial charge in [-0.3, -0.25) is 4.90 Å². The largest absolute Gasteiger partial charge is 0.497 e. The van der Waals surface area contributed by atoms with E-state index in [1.54, 1.807) is 7.11 Å². The van der Waals surface area contributed by atoms with Crippen molar-refractivity contribution in [1.82, 2.24) is 4.90 Å². The average molecular weight is 596 g/mol. The number of likely N-dealkylation sites (tertiary alicyclic amines) is 1. The third-order valence-electron chi connectivity index (χ3n) is 11.1. The minimum absolute atomic E-state index is 0.0357. The molecule has 232 valence electrons. The average Bonchev–Trinajstić information content (AvgIpc) is 3.82. The van der Waals surface area contributed by atoms with E-state index >= 15 is 0 Å². The lowest BCUT2D eigenvalue weighted by atomic mass is 9.48. The first-order chi connectivity index (χ1) is 21.6. The van der Waals surface area contributed by atoms with Crippen LogP contribution in [0.1, 0.15) is 67.7 Å². The van der Waals surface area contributed by atoms with Crippen LogP contribution in [-0.4, -0.2) is 55.6 Å². The summed E-state index contributed by atoms with van der Waals surface area (Å²) >= 11 is 0. The first-order valence-corrected chi connectivity index (χ1v) is 16.8. The zero-order valence-electron chi connectivity index (χ0n) is 26.1. The van der Waals surface area contributed by atoms with E-state index in [4.69, 9.17) is 23.7 Å². The summed E-state index contributed by atoms with van der Waals surface area (Å²) < 4.78 is 33.2. The zero-order valence-corrected chi connectivity index (χ0v) is 26.1. The quantitative estimate of drug-likeness (QED) is 0.228. The van der Waals surface area contributed by atoms with Crippen molar-refractivity contribution in [1.29, 1.82) is 0 Å². The molecular weight excluding hydrogens is 550 g/mol. The van der Waals surface area contributed by atoms with Crippen molar-refractivity contribution in [2.75, 3.05) is 26.8 Å². The number of rotatable bonds is 12. The molecule has 44 heavy (non-hydrogen) atoms. The molecule has 0 radical (unpaired) electrons. The molecule has 0 unspecified atom stereocenters. The fourth-order valence-corrected chi connectivity index (χ4v) is 8.92. The van der Waals surface area contributed by atoms with Crippen LogP contribution >= 0.6 is 0 Å². The Morgan fingerprint density at radius 1 is 0.909 bits per heavy atom. The summed E-state index contributed by atoms with van der Waals surface area (Å²) in [6.07, 6.45) is 7.53. The normalized spacial score (nSPS) is 30.0. The molecule has 2 saturated carbocycles. The van der Waals surface area contributed by atoms with Crippen molar-refractivity contribution in [2.45, 2.75) is 94.3 Å². The first kappa shape index (κ1) is 28.4. The van der Waals surface area contributed by atoms with E-state index in [1.807, 2.05) is 18.2 Å². The Morgan fingerprint density at radius 2 is 1.73 bits per heavy atom. The van der Waals surface area contributed by atoms with Gasteiger partial charge in [-0.25, -0.2) is 0 Å². The van der Waals surface area contributed by atoms with Gasteiger partial charge in [0.25, 0.3) is 0 Å². The van der Waals surface area contributed by atoms with Gasteiger partial charge >= 0.3 is 0 Å². The lowest BCUT2D eigenvalue weighted by Crippen LogP contribution is -2.78. The molecule has 8 rings (SSSR count). The molecule has 5 aliphatic rings. The van der Waals surface area contributed by atoms with Crippen LogP contribution in [0.3, 0.4) is 0 Å². The second-order valence-corrected chi connectivity index (χ2v) is 13.6. The van der Waals surface area contributed by atoms with Crippen LogP contribution in [0.15, 0.2) is 66.7 Å². The lowest BCUT2D eigenvalue weighted by molar-refractivity contribution is -0.239. The highest BCUT2D eigenvalue weighted by molar-refractivity contribution is 5.63. The Kier molecular flexibility index (Phi) is 7.35. The standard InChI is InChI=1S/C38H45NO5/c1-3-21-43-38-18-17-32(42-25-28-11-14-30(40-2)15-12-28)36-37(38)19-20-39(23-26-9-10-26)33(38)22-29-13-16-31(35(44-36)34(29)37)41-24-27-7-5-4-6-8-27/h4-8,11-16,26,32-33,36H,3,9-10,17-25H2,1-2H3/t32-,33-,36+,37+,38-/m1/s1. The van der Waals surface area contributed by atoms with Crippen LogP contribution in [0, 0.1) is 5.92 Å². The van der Waals surface area contributed by atoms with Gasteiger partial charge in [-0.2, -0.15) is 0 Å². The van der Waals surface area contributed by atoms with E-state index in [0.717, 1.165) is 79.5 Å². The molecule has 6 heteroatoms. The summed E-state index contributed by atoms with van der Waals surface area (Å²) in [6, 6.07) is 23.4. The second kappa shape index (κ2) is 11.4. The van der Waals surface area contributed by atoms with Crippen molar-refractivity contribution in [2.24, 2.45) is 5.92 Å². The van der Waals surface area contributed by atoms with Gasteiger partial charge in [0.05, 0.1) is 30.8 Å². The van der Waals surface area contributed by atoms with Crippen LogP contribution < -0.4 is 14.2 Å². The summed E-state index contributed by atoms with van der Waals surface area (Å²) in [5, 5.41) is 0. The van der Waals surface area contributed by atoms with Gasteiger partial charge in [0.15, 0.2) is 11.5 Å². The molecular formula is C38H45NO5. The Morgan fingerprint density at radius 3 is 2.50 bits per heavy atom. The molecule has 0 aromatic heterocycles. The summed E-state index contributed by atoms with van der Waals surface area (Å²) in [6.45, 7) is 6.34. The second-order valence-electron chi connectivity index (χ2n) is 13.6. The molecule has 3 aliphatic carbocycles. The highest BCUT2D eigenvalue weighted by Gasteiger charge is 2.74. The molecule has 2 aliphatic heterocycles. The van der Waals surface area contributed by atoms with Gasteiger partial charge in [0.2, 0.25) is 0 Å². The van der Waals surface area contributed by atoms with Crippen LogP contribution in [0.4, 0.5) is 0 Å². The molecule has 3 aromatic carbocycles. The third kappa shape index (κ3) is 4.55. The van der Waals surface area contributed by atoms with Crippen LogP contribution in [0.2, 0.25) is 0 Å². The molecule has 5 atom stereocenters. The predicted molar refractivity (Wildman–Crippen MR) is 169 cm³/mol. The fourth-order valence-electron chi connectivity index (χ4n) is 8.92. The highest BCUT2D eigenvalue weighted by Crippen LogP contribution is 2.67. The molecule has 6 nitrogen and oxygen atoms in total. The molecule has 0 amide bonds. The monoisotopic (exact) mass is 595 g/mol. The smallest absolute Gasteiger partial charge is 0.166 e. The van der Waals surface area contributed by atoms with E-state index in [0.29, 0.717) is 19.3 Å². The molecule has 1 saturated heterocycles. The lowest BCUT2D eigenvalue weighted by Gasteiger charge is -2.66. The van der Waals surface area contributed by atoms with Crippen molar-refractivity contribution >= 4 is 0 Å². The number of hydrogen-bond acceptors (Lipinski definition) is 6.